The minimum absolute atomic E-state index is 0.0682. The molecule has 0 saturated carbocycles. The second kappa shape index (κ2) is 6.99. The van der Waals surface area contributed by atoms with Crippen molar-refractivity contribution >= 4 is 23.2 Å². The van der Waals surface area contributed by atoms with Crippen LogP contribution < -0.4 is 10.1 Å². The maximum Gasteiger partial charge on any atom is 0.164 e. The highest BCUT2D eigenvalue weighted by Crippen LogP contribution is 2.37. The molecule has 0 bridgehead atoms. The van der Waals surface area contributed by atoms with Gasteiger partial charge in [0, 0.05) is 12.5 Å². The summed E-state index contributed by atoms with van der Waals surface area (Å²) < 4.78 is 32.9. The Morgan fingerprint density at radius 2 is 2.04 bits per heavy atom. The predicted molar refractivity (Wildman–Crippen MR) is 85.0 cm³/mol. The zero-order valence-electron chi connectivity index (χ0n) is 12.0. The van der Waals surface area contributed by atoms with E-state index in [9.17, 15) is 8.78 Å². The number of pyridine rings is 1. The third kappa shape index (κ3) is 3.57. The number of halogens is 4. The molecular weight excluding hydrogens is 345 g/mol. The van der Waals surface area contributed by atoms with Crippen LogP contribution in [0.5, 0.6) is 5.75 Å². The molecule has 2 aromatic rings. The van der Waals surface area contributed by atoms with Gasteiger partial charge in [0.25, 0.3) is 0 Å². The van der Waals surface area contributed by atoms with E-state index in [1.54, 1.807) is 6.07 Å². The fourth-order valence-electron chi connectivity index (χ4n) is 2.63. The Labute approximate surface area is 142 Å². The second-order valence-corrected chi connectivity index (χ2v) is 6.15. The van der Waals surface area contributed by atoms with Gasteiger partial charge in [-0.05, 0) is 37.2 Å². The van der Waals surface area contributed by atoms with Gasteiger partial charge in [0.2, 0.25) is 0 Å². The van der Waals surface area contributed by atoms with Crippen LogP contribution in [0, 0.1) is 17.6 Å². The Kier molecular flexibility index (Phi) is 4.99. The summed E-state index contributed by atoms with van der Waals surface area (Å²) in [6.45, 7) is 1.59. The van der Waals surface area contributed by atoms with Crippen LogP contribution in [0.3, 0.4) is 0 Å². The van der Waals surface area contributed by atoms with E-state index in [0.29, 0.717) is 5.69 Å². The lowest BCUT2D eigenvalue weighted by atomic mass is 9.98. The summed E-state index contributed by atoms with van der Waals surface area (Å²) in [5.74, 6) is -0.826. The minimum Gasteiger partial charge on any atom is -0.482 e. The standard InChI is InChI=1S/C16H14Cl2F2N2O/c17-11-2-4-13(14(18)15(11)20)23-16(9-5-6-21-7-9)12-3-1-10(19)8-22-12/h1-4,8-9,16,21H,5-7H2/t9-,16+/m1/s1. The molecule has 122 valence electrons. The molecule has 0 amide bonds. The van der Waals surface area contributed by atoms with Crippen LogP contribution in [0.25, 0.3) is 0 Å². The zero-order chi connectivity index (χ0) is 16.4. The highest BCUT2D eigenvalue weighted by Gasteiger charge is 2.30. The lowest BCUT2D eigenvalue weighted by Gasteiger charge is -2.24. The first-order valence-corrected chi connectivity index (χ1v) is 7.94. The highest BCUT2D eigenvalue weighted by atomic mass is 35.5. The zero-order valence-corrected chi connectivity index (χ0v) is 13.5. The van der Waals surface area contributed by atoms with Gasteiger partial charge in [-0.1, -0.05) is 23.2 Å². The van der Waals surface area contributed by atoms with E-state index in [1.807, 2.05) is 0 Å². The molecule has 3 nitrogen and oxygen atoms in total. The Hall–Kier alpha value is -1.43. The van der Waals surface area contributed by atoms with E-state index >= 15 is 0 Å². The van der Waals surface area contributed by atoms with Gasteiger partial charge in [0.05, 0.1) is 16.9 Å². The van der Waals surface area contributed by atoms with Crippen LogP contribution in [0.15, 0.2) is 30.5 Å². The summed E-state index contributed by atoms with van der Waals surface area (Å²) in [6, 6.07) is 5.80. The summed E-state index contributed by atoms with van der Waals surface area (Å²) in [6.07, 6.45) is 1.55. The van der Waals surface area contributed by atoms with Crippen LogP contribution in [0.2, 0.25) is 10.0 Å². The molecule has 1 aromatic heterocycles. The van der Waals surface area contributed by atoms with Crippen molar-refractivity contribution < 1.29 is 13.5 Å². The highest BCUT2D eigenvalue weighted by molar-refractivity contribution is 6.35. The molecule has 3 rings (SSSR count). The van der Waals surface area contributed by atoms with Crippen molar-refractivity contribution in [1.29, 1.82) is 0 Å². The van der Waals surface area contributed by atoms with Crippen molar-refractivity contribution in [1.82, 2.24) is 10.3 Å². The Balaban J connectivity index is 1.93. The van der Waals surface area contributed by atoms with E-state index in [1.165, 1.54) is 18.2 Å². The van der Waals surface area contributed by atoms with E-state index in [4.69, 9.17) is 27.9 Å². The molecule has 0 radical (unpaired) electrons. The molecule has 1 saturated heterocycles. The quantitative estimate of drug-likeness (QED) is 0.822. The van der Waals surface area contributed by atoms with Gasteiger partial charge < -0.3 is 10.1 Å². The summed E-state index contributed by atoms with van der Waals surface area (Å²) in [7, 11) is 0. The lowest BCUT2D eigenvalue weighted by Crippen LogP contribution is -2.22. The molecular formula is C16H14Cl2F2N2O. The van der Waals surface area contributed by atoms with E-state index in [-0.39, 0.29) is 21.7 Å². The summed E-state index contributed by atoms with van der Waals surface area (Å²) in [5.41, 5.74) is 0.575. The van der Waals surface area contributed by atoms with Gasteiger partial charge in [-0.2, -0.15) is 0 Å². The third-order valence-electron chi connectivity index (χ3n) is 3.82. The average Bonchev–Trinajstić information content (AvgIpc) is 3.07. The second-order valence-electron chi connectivity index (χ2n) is 5.37. The third-order valence-corrected chi connectivity index (χ3v) is 4.47. The van der Waals surface area contributed by atoms with Gasteiger partial charge in [0.15, 0.2) is 5.82 Å². The van der Waals surface area contributed by atoms with Gasteiger partial charge in [0.1, 0.15) is 22.7 Å². The first-order valence-electron chi connectivity index (χ1n) is 7.18. The fourth-order valence-corrected chi connectivity index (χ4v) is 3.04. The maximum atomic E-state index is 13.9. The number of nitrogens with zero attached hydrogens (tertiary/aromatic N) is 1. The van der Waals surface area contributed by atoms with Gasteiger partial charge in [-0.25, -0.2) is 8.78 Å². The average molecular weight is 359 g/mol. The first kappa shape index (κ1) is 16.4. The predicted octanol–water partition coefficient (Wildman–Crippen LogP) is 4.40. The molecule has 2 atom stereocenters. The SMILES string of the molecule is Fc1ccc([C@@H](Oc2ccc(Cl)c(F)c2Cl)[C@@H]2CCNC2)nc1. The molecule has 7 heteroatoms. The maximum absolute atomic E-state index is 13.9. The Bertz CT molecular complexity index is 691. The van der Waals surface area contributed by atoms with Crippen LogP contribution in [-0.4, -0.2) is 18.1 Å². The molecule has 1 fully saturated rings. The van der Waals surface area contributed by atoms with Crippen LogP contribution in [-0.2, 0) is 0 Å². The van der Waals surface area contributed by atoms with E-state index in [2.05, 4.69) is 10.3 Å². The summed E-state index contributed by atoms with van der Waals surface area (Å²) >= 11 is 11.7. The van der Waals surface area contributed by atoms with Crippen molar-refractivity contribution in [2.45, 2.75) is 12.5 Å². The molecule has 1 aromatic carbocycles. The van der Waals surface area contributed by atoms with Gasteiger partial charge in [-0.3, -0.25) is 4.98 Å². The normalized spacial score (nSPS) is 18.9. The topological polar surface area (TPSA) is 34.1 Å². The van der Waals surface area contributed by atoms with E-state index < -0.39 is 17.7 Å². The van der Waals surface area contributed by atoms with E-state index in [0.717, 1.165) is 25.7 Å². The number of aromatic nitrogens is 1. The van der Waals surface area contributed by atoms with Gasteiger partial charge in [-0.15, -0.1) is 0 Å². The largest absolute Gasteiger partial charge is 0.482 e. The number of hydrogen-bond acceptors (Lipinski definition) is 3. The smallest absolute Gasteiger partial charge is 0.164 e. The van der Waals surface area contributed by atoms with Gasteiger partial charge >= 0.3 is 0 Å². The molecule has 1 aliphatic heterocycles. The van der Waals surface area contributed by atoms with Crippen molar-refractivity contribution in [3.8, 4) is 5.75 Å². The Morgan fingerprint density at radius 1 is 1.22 bits per heavy atom. The molecule has 1 N–H and O–H groups in total. The van der Waals surface area contributed by atoms with Crippen molar-refractivity contribution in [2.75, 3.05) is 13.1 Å². The monoisotopic (exact) mass is 358 g/mol. The molecule has 23 heavy (non-hydrogen) atoms. The first-order chi connectivity index (χ1) is 11.1. The number of ether oxygens (including phenoxy) is 1. The number of rotatable bonds is 4. The van der Waals surface area contributed by atoms with Crippen molar-refractivity contribution in [2.24, 2.45) is 5.92 Å². The van der Waals surface area contributed by atoms with Crippen LogP contribution in [0.1, 0.15) is 18.2 Å². The molecule has 0 unspecified atom stereocenters. The summed E-state index contributed by atoms with van der Waals surface area (Å²) in [4.78, 5) is 4.10. The van der Waals surface area contributed by atoms with Crippen LogP contribution >= 0.6 is 23.2 Å². The molecule has 1 aliphatic rings. The molecule has 2 heterocycles. The molecule has 0 aliphatic carbocycles. The molecule has 0 spiro atoms. The lowest BCUT2D eigenvalue weighted by molar-refractivity contribution is 0.139. The van der Waals surface area contributed by atoms with Crippen molar-refractivity contribution in [3.05, 3.63) is 57.8 Å². The minimum atomic E-state index is -0.721. The number of benzene rings is 1. The Morgan fingerprint density at radius 3 is 2.70 bits per heavy atom. The summed E-state index contributed by atoms with van der Waals surface area (Å²) in [5, 5.41) is 3.01. The number of nitrogens with one attached hydrogen (secondary N) is 1. The van der Waals surface area contributed by atoms with Crippen molar-refractivity contribution in [3.63, 3.8) is 0 Å². The number of hydrogen-bond donors (Lipinski definition) is 1. The fraction of sp³-hybridized carbons (Fsp3) is 0.312. The van der Waals surface area contributed by atoms with Crippen LogP contribution in [0.4, 0.5) is 8.78 Å².